The van der Waals surface area contributed by atoms with Crippen molar-refractivity contribution in [3.8, 4) is 0 Å². The van der Waals surface area contributed by atoms with E-state index in [1.807, 2.05) is 24.3 Å². The Hall–Kier alpha value is -3.51. The van der Waals surface area contributed by atoms with Gasteiger partial charge >= 0.3 is 0 Å². The maximum Gasteiger partial charge on any atom is 0.186 e. The van der Waals surface area contributed by atoms with Crippen LogP contribution in [0.1, 0.15) is 29.2 Å². The summed E-state index contributed by atoms with van der Waals surface area (Å²) in [6.07, 6.45) is 2.60. The molecule has 0 saturated heterocycles. The van der Waals surface area contributed by atoms with Gasteiger partial charge in [0.25, 0.3) is 0 Å². The van der Waals surface area contributed by atoms with Gasteiger partial charge in [-0.2, -0.15) is 10.2 Å². The van der Waals surface area contributed by atoms with E-state index in [0.29, 0.717) is 5.11 Å². The fourth-order valence-electron chi connectivity index (χ4n) is 3.42. The van der Waals surface area contributed by atoms with Gasteiger partial charge in [0.1, 0.15) is 0 Å². The number of rotatable bonds is 5. The Balaban J connectivity index is 1.60. The van der Waals surface area contributed by atoms with E-state index in [4.69, 9.17) is 17.3 Å². The maximum absolute atomic E-state index is 5.02. The van der Waals surface area contributed by atoms with Gasteiger partial charge in [0, 0.05) is 13.5 Å². The Morgan fingerprint density at radius 2 is 1.67 bits per heavy atom. The number of nitrogens with one attached hydrogen (secondary N) is 2. The van der Waals surface area contributed by atoms with Crippen molar-refractivity contribution < 1.29 is 0 Å². The number of thiocarbonyl (C=S) groups is 1. The molecule has 0 spiro atoms. The summed E-state index contributed by atoms with van der Waals surface area (Å²) in [5.41, 5.74) is 8.30. The van der Waals surface area contributed by atoms with Crippen LogP contribution in [0.25, 0.3) is 0 Å². The van der Waals surface area contributed by atoms with Crippen LogP contribution >= 0.6 is 12.2 Å². The second-order valence-corrected chi connectivity index (χ2v) is 7.34. The number of hydrogen-bond acceptors (Lipinski definition) is 4. The predicted molar refractivity (Wildman–Crippen MR) is 128 cm³/mol. The topological polar surface area (TPSA) is 52.0 Å². The van der Waals surface area contributed by atoms with Crippen molar-refractivity contribution in [3.63, 3.8) is 0 Å². The van der Waals surface area contributed by atoms with Crippen LogP contribution in [0.3, 0.4) is 0 Å². The maximum atomic E-state index is 5.02. The summed E-state index contributed by atoms with van der Waals surface area (Å²) < 4.78 is 0. The lowest BCUT2D eigenvalue weighted by molar-refractivity contribution is 0.709. The zero-order valence-electron chi connectivity index (χ0n) is 16.7. The van der Waals surface area contributed by atoms with Crippen molar-refractivity contribution in [3.05, 3.63) is 102 Å². The lowest BCUT2D eigenvalue weighted by atomic mass is 9.98. The first kappa shape index (κ1) is 19.8. The highest BCUT2D eigenvalue weighted by molar-refractivity contribution is 7.80. The molecule has 5 nitrogen and oxygen atoms in total. The highest BCUT2D eigenvalue weighted by Gasteiger charge is 2.29. The molecule has 4 rings (SSSR count). The van der Waals surface area contributed by atoms with E-state index >= 15 is 0 Å². The first-order chi connectivity index (χ1) is 14.7. The van der Waals surface area contributed by atoms with E-state index in [0.717, 1.165) is 28.9 Å². The first-order valence-electron chi connectivity index (χ1n) is 9.82. The minimum absolute atomic E-state index is 0.163. The van der Waals surface area contributed by atoms with Crippen LogP contribution in [0.15, 0.2) is 95.1 Å². The molecule has 2 N–H and O–H groups in total. The largest absolute Gasteiger partial charge is 0.364 e. The summed E-state index contributed by atoms with van der Waals surface area (Å²) in [7, 11) is 1.75. The minimum Gasteiger partial charge on any atom is -0.364 e. The number of hydrogen-bond donors (Lipinski definition) is 2. The molecule has 0 amide bonds. The van der Waals surface area contributed by atoms with Gasteiger partial charge in [-0.3, -0.25) is 10.4 Å². The van der Waals surface area contributed by atoms with Crippen molar-refractivity contribution in [2.45, 2.75) is 12.5 Å². The number of anilines is 1. The van der Waals surface area contributed by atoms with Gasteiger partial charge in [-0.25, -0.2) is 0 Å². The number of benzene rings is 3. The fourth-order valence-corrected chi connectivity index (χ4v) is 3.48. The third kappa shape index (κ3) is 4.55. The van der Waals surface area contributed by atoms with E-state index in [2.05, 4.69) is 81.5 Å². The van der Waals surface area contributed by atoms with Crippen LogP contribution in [0.5, 0.6) is 0 Å². The lowest BCUT2D eigenvalue weighted by Gasteiger charge is -2.24. The van der Waals surface area contributed by atoms with Crippen molar-refractivity contribution in [2.75, 3.05) is 12.1 Å². The summed E-state index contributed by atoms with van der Waals surface area (Å²) in [4.78, 5) is 0. The standard InChI is InChI=1S/C24H23N5S/c1-25-24(30)27-26-17-18-12-14-21(15-13-18)29-23(20-10-6-3-7-11-20)16-22(28-29)19-8-4-2-5-9-19/h2-15,17,23H,16H2,1H3,(H2,25,27,30)/b26-17+. The van der Waals surface area contributed by atoms with Crippen LogP contribution in [0.2, 0.25) is 0 Å². The average Bonchev–Trinajstić information content (AvgIpc) is 3.26. The monoisotopic (exact) mass is 413 g/mol. The van der Waals surface area contributed by atoms with Gasteiger partial charge in [-0.15, -0.1) is 0 Å². The van der Waals surface area contributed by atoms with Crippen LogP contribution in [-0.2, 0) is 0 Å². The minimum atomic E-state index is 0.163. The van der Waals surface area contributed by atoms with E-state index in [1.165, 1.54) is 5.56 Å². The number of nitrogens with zero attached hydrogens (tertiary/aromatic N) is 3. The van der Waals surface area contributed by atoms with Crippen molar-refractivity contribution in [1.82, 2.24) is 10.7 Å². The highest BCUT2D eigenvalue weighted by atomic mass is 32.1. The molecule has 3 aromatic carbocycles. The summed E-state index contributed by atoms with van der Waals surface area (Å²) in [5.74, 6) is 0. The molecule has 0 fully saturated rings. The smallest absolute Gasteiger partial charge is 0.186 e. The van der Waals surface area contributed by atoms with Crippen LogP contribution in [-0.4, -0.2) is 24.1 Å². The van der Waals surface area contributed by atoms with E-state index in [-0.39, 0.29) is 6.04 Å². The van der Waals surface area contributed by atoms with Crippen LogP contribution in [0, 0.1) is 0 Å². The predicted octanol–water partition coefficient (Wildman–Crippen LogP) is 4.47. The molecule has 1 unspecified atom stereocenters. The summed E-state index contributed by atoms with van der Waals surface area (Å²) in [5, 5.41) is 14.5. The van der Waals surface area contributed by atoms with E-state index in [9.17, 15) is 0 Å². The zero-order valence-corrected chi connectivity index (χ0v) is 17.5. The molecule has 0 aromatic heterocycles. The molecule has 1 atom stereocenters. The molecule has 150 valence electrons. The Labute approximate surface area is 182 Å². The van der Waals surface area contributed by atoms with Gasteiger partial charge in [0.05, 0.1) is 23.7 Å². The molecule has 0 saturated carbocycles. The lowest BCUT2D eigenvalue weighted by Crippen LogP contribution is -2.28. The van der Waals surface area contributed by atoms with Crippen molar-refractivity contribution in [2.24, 2.45) is 10.2 Å². The molecule has 6 heteroatoms. The van der Waals surface area contributed by atoms with Gasteiger partial charge < -0.3 is 5.32 Å². The van der Waals surface area contributed by atoms with Crippen LogP contribution in [0.4, 0.5) is 5.69 Å². The second-order valence-electron chi connectivity index (χ2n) is 6.93. The molecule has 1 aliphatic heterocycles. The first-order valence-corrected chi connectivity index (χ1v) is 10.2. The SMILES string of the molecule is CNC(=S)N/N=C/c1ccc(N2N=C(c3ccccc3)CC2c2ccccc2)cc1. The molecule has 1 aliphatic rings. The van der Waals surface area contributed by atoms with Gasteiger partial charge in [-0.05, 0) is 41.0 Å². The molecule has 0 radical (unpaired) electrons. The molecule has 0 aliphatic carbocycles. The van der Waals surface area contributed by atoms with Crippen LogP contribution < -0.4 is 15.8 Å². The summed E-state index contributed by atoms with van der Waals surface area (Å²) in [6.45, 7) is 0. The summed E-state index contributed by atoms with van der Waals surface area (Å²) >= 11 is 5.02. The van der Waals surface area contributed by atoms with Crippen molar-refractivity contribution in [1.29, 1.82) is 0 Å². The third-order valence-corrected chi connectivity index (χ3v) is 5.26. The van der Waals surface area contributed by atoms with E-state index < -0.39 is 0 Å². The molecule has 3 aromatic rings. The summed E-state index contributed by atoms with van der Waals surface area (Å²) in [6, 6.07) is 29.3. The van der Waals surface area contributed by atoms with Crippen molar-refractivity contribution >= 4 is 34.9 Å². The van der Waals surface area contributed by atoms with Gasteiger partial charge in [0.15, 0.2) is 5.11 Å². The Morgan fingerprint density at radius 3 is 2.33 bits per heavy atom. The Morgan fingerprint density at radius 1 is 1.00 bits per heavy atom. The zero-order chi connectivity index (χ0) is 20.8. The second kappa shape index (κ2) is 9.33. The molecule has 0 bridgehead atoms. The normalized spacial score (nSPS) is 15.8. The fraction of sp³-hybridized carbons (Fsp3) is 0.125. The Bertz CT molecular complexity index is 1050. The molecular weight excluding hydrogens is 390 g/mol. The quantitative estimate of drug-likeness (QED) is 0.368. The average molecular weight is 414 g/mol. The van der Waals surface area contributed by atoms with Gasteiger partial charge in [-0.1, -0.05) is 72.8 Å². The Kier molecular flexibility index (Phi) is 6.15. The molecule has 30 heavy (non-hydrogen) atoms. The molecule has 1 heterocycles. The number of hydrazone groups is 2. The van der Waals surface area contributed by atoms with E-state index in [1.54, 1.807) is 13.3 Å². The molecular formula is C24H23N5S. The highest BCUT2D eigenvalue weighted by Crippen LogP contribution is 2.36. The van der Waals surface area contributed by atoms with Gasteiger partial charge in [0.2, 0.25) is 0 Å². The third-order valence-electron chi connectivity index (χ3n) is 4.97.